The summed E-state index contributed by atoms with van der Waals surface area (Å²) in [7, 11) is 1.35. The van der Waals surface area contributed by atoms with Gasteiger partial charge < -0.3 is 15.0 Å². The second-order valence-corrected chi connectivity index (χ2v) is 3.98. The number of rotatable bonds is 2. The highest BCUT2D eigenvalue weighted by molar-refractivity contribution is 5.54. The molecule has 100 valence electrons. The highest BCUT2D eigenvalue weighted by Gasteiger charge is 2.32. The number of ether oxygens (including phenoxy) is 1. The van der Waals surface area contributed by atoms with Crippen LogP contribution < -0.4 is 15.0 Å². The molecular formula is C11H14F3N3O. The minimum absolute atomic E-state index is 0.159. The van der Waals surface area contributed by atoms with E-state index >= 15 is 0 Å². The molecule has 0 aliphatic carbocycles. The second-order valence-electron chi connectivity index (χ2n) is 3.98. The van der Waals surface area contributed by atoms with Gasteiger partial charge in [0.2, 0.25) is 0 Å². The quantitative estimate of drug-likeness (QED) is 0.876. The van der Waals surface area contributed by atoms with Crippen LogP contribution >= 0.6 is 0 Å². The van der Waals surface area contributed by atoms with Gasteiger partial charge in [-0.05, 0) is 6.07 Å². The standard InChI is InChI=1S/C11H14F3N3O/c1-18-9-6-8(11(12,13)14)7-16-10(9)17-4-2-15-3-5-17/h6-7,15H,2-5H2,1H3. The van der Waals surface area contributed by atoms with E-state index in [1.807, 2.05) is 4.90 Å². The van der Waals surface area contributed by atoms with E-state index in [9.17, 15) is 13.2 Å². The summed E-state index contributed by atoms with van der Waals surface area (Å²) in [5, 5.41) is 3.17. The van der Waals surface area contributed by atoms with Gasteiger partial charge in [0.05, 0.1) is 12.7 Å². The number of methoxy groups -OCH3 is 1. The average Bonchev–Trinajstić information content (AvgIpc) is 2.38. The Balaban J connectivity index is 2.30. The molecule has 1 fully saturated rings. The predicted molar refractivity (Wildman–Crippen MR) is 60.9 cm³/mol. The van der Waals surface area contributed by atoms with Gasteiger partial charge in [0.25, 0.3) is 0 Å². The van der Waals surface area contributed by atoms with Gasteiger partial charge in [0.1, 0.15) is 0 Å². The molecule has 0 amide bonds. The SMILES string of the molecule is COc1cc(C(F)(F)F)cnc1N1CCNCC1. The monoisotopic (exact) mass is 261 g/mol. The van der Waals surface area contributed by atoms with Crippen LogP contribution in [0.15, 0.2) is 12.3 Å². The van der Waals surface area contributed by atoms with Crippen molar-refractivity contribution in [3.8, 4) is 5.75 Å². The lowest BCUT2D eigenvalue weighted by atomic mass is 10.2. The zero-order valence-electron chi connectivity index (χ0n) is 9.92. The summed E-state index contributed by atoms with van der Waals surface area (Å²) >= 11 is 0. The Morgan fingerprint density at radius 1 is 1.33 bits per heavy atom. The normalized spacial score (nSPS) is 16.8. The van der Waals surface area contributed by atoms with Crippen LogP contribution in [0.4, 0.5) is 19.0 Å². The van der Waals surface area contributed by atoms with Crippen molar-refractivity contribution in [2.75, 3.05) is 38.2 Å². The van der Waals surface area contributed by atoms with Crippen molar-refractivity contribution in [2.45, 2.75) is 6.18 Å². The number of alkyl halides is 3. The van der Waals surface area contributed by atoms with E-state index < -0.39 is 11.7 Å². The lowest BCUT2D eigenvalue weighted by molar-refractivity contribution is -0.137. The van der Waals surface area contributed by atoms with Crippen molar-refractivity contribution in [1.29, 1.82) is 0 Å². The highest BCUT2D eigenvalue weighted by Crippen LogP contribution is 2.34. The van der Waals surface area contributed by atoms with Crippen LogP contribution in [-0.2, 0) is 6.18 Å². The topological polar surface area (TPSA) is 37.4 Å². The molecule has 0 saturated carbocycles. The van der Waals surface area contributed by atoms with Crippen LogP contribution in [0.5, 0.6) is 5.75 Å². The van der Waals surface area contributed by atoms with Crippen LogP contribution in [0, 0.1) is 0 Å². The molecule has 0 unspecified atom stereocenters. The molecule has 18 heavy (non-hydrogen) atoms. The maximum absolute atomic E-state index is 12.6. The molecule has 1 aliphatic rings. The Bertz CT molecular complexity index is 416. The van der Waals surface area contributed by atoms with E-state index in [-0.39, 0.29) is 5.75 Å². The molecule has 2 heterocycles. The molecule has 1 saturated heterocycles. The van der Waals surface area contributed by atoms with Gasteiger partial charge in [-0.1, -0.05) is 0 Å². The molecule has 1 N–H and O–H groups in total. The van der Waals surface area contributed by atoms with E-state index in [1.165, 1.54) is 7.11 Å². The zero-order valence-corrected chi connectivity index (χ0v) is 9.92. The minimum Gasteiger partial charge on any atom is -0.493 e. The van der Waals surface area contributed by atoms with Gasteiger partial charge in [-0.15, -0.1) is 0 Å². The summed E-state index contributed by atoms with van der Waals surface area (Å²) in [6, 6.07) is 0.990. The first kappa shape index (κ1) is 12.9. The van der Waals surface area contributed by atoms with Crippen LogP contribution in [0.1, 0.15) is 5.56 Å². The van der Waals surface area contributed by atoms with Crippen LogP contribution in [-0.4, -0.2) is 38.3 Å². The molecule has 0 aromatic carbocycles. The van der Waals surface area contributed by atoms with Crippen LogP contribution in [0.2, 0.25) is 0 Å². The fourth-order valence-electron chi connectivity index (χ4n) is 1.86. The number of piperazine rings is 1. The van der Waals surface area contributed by atoms with Gasteiger partial charge in [-0.2, -0.15) is 13.2 Å². The summed E-state index contributed by atoms with van der Waals surface area (Å²) in [5.41, 5.74) is -0.793. The largest absolute Gasteiger partial charge is 0.493 e. The average molecular weight is 261 g/mol. The third kappa shape index (κ3) is 2.66. The highest BCUT2D eigenvalue weighted by atomic mass is 19.4. The first-order chi connectivity index (χ1) is 8.52. The lowest BCUT2D eigenvalue weighted by Gasteiger charge is -2.29. The number of hydrogen-bond acceptors (Lipinski definition) is 4. The molecule has 0 atom stereocenters. The third-order valence-electron chi connectivity index (χ3n) is 2.80. The number of aromatic nitrogens is 1. The number of anilines is 1. The number of halogens is 3. The Morgan fingerprint density at radius 2 is 2.00 bits per heavy atom. The van der Waals surface area contributed by atoms with Crippen molar-refractivity contribution >= 4 is 5.82 Å². The van der Waals surface area contributed by atoms with E-state index in [2.05, 4.69) is 10.3 Å². The Hall–Kier alpha value is -1.50. The summed E-state index contributed by atoms with van der Waals surface area (Å²) in [4.78, 5) is 5.80. The number of nitrogens with zero attached hydrogens (tertiary/aromatic N) is 2. The molecule has 4 nitrogen and oxygen atoms in total. The van der Waals surface area contributed by atoms with E-state index in [0.717, 1.165) is 25.4 Å². The summed E-state index contributed by atoms with van der Waals surface area (Å²) < 4.78 is 42.7. The molecule has 7 heteroatoms. The zero-order chi connectivity index (χ0) is 13.2. The van der Waals surface area contributed by atoms with Crippen molar-refractivity contribution < 1.29 is 17.9 Å². The molecule has 1 aromatic rings. The Kier molecular flexibility index (Phi) is 3.60. The third-order valence-corrected chi connectivity index (χ3v) is 2.80. The van der Waals surface area contributed by atoms with Gasteiger partial charge in [-0.25, -0.2) is 4.98 Å². The molecular weight excluding hydrogens is 247 g/mol. The van der Waals surface area contributed by atoms with Gasteiger partial charge in [-0.3, -0.25) is 0 Å². The van der Waals surface area contributed by atoms with Crippen molar-refractivity contribution in [1.82, 2.24) is 10.3 Å². The van der Waals surface area contributed by atoms with Crippen LogP contribution in [0.3, 0.4) is 0 Å². The first-order valence-electron chi connectivity index (χ1n) is 5.59. The predicted octanol–water partition coefficient (Wildman–Crippen LogP) is 1.52. The molecule has 2 rings (SSSR count). The number of pyridine rings is 1. The summed E-state index contributed by atoms with van der Waals surface area (Å²) in [5.74, 6) is 0.624. The van der Waals surface area contributed by atoms with Crippen molar-refractivity contribution in [3.05, 3.63) is 17.8 Å². The minimum atomic E-state index is -4.40. The number of nitrogens with one attached hydrogen (secondary N) is 1. The maximum Gasteiger partial charge on any atom is 0.418 e. The fourth-order valence-corrected chi connectivity index (χ4v) is 1.86. The Morgan fingerprint density at radius 3 is 2.56 bits per heavy atom. The van der Waals surface area contributed by atoms with Crippen molar-refractivity contribution in [3.63, 3.8) is 0 Å². The molecule has 1 aliphatic heterocycles. The van der Waals surface area contributed by atoms with Crippen molar-refractivity contribution in [2.24, 2.45) is 0 Å². The molecule has 0 spiro atoms. The fraction of sp³-hybridized carbons (Fsp3) is 0.545. The molecule has 1 aromatic heterocycles. The molecule has 0 radical (unpaired) electrons. The lowest BCUT2D eigenvalue weighted by Crippen LogP contribution is -2.44. The van der Waals surface area contributed by atoms with Crippen LogP contribution in [0.25, 0.3) is 0 Å². The van der Waals surface area contributed by atoms with E-state index in [1.54, 1.807) is 0 Å². The summed E-state index contributed by atoms with van der Waals surface area (Å²) in [6.07, 6.45) is -3.55. The Labute approximate surface area is 103 Å². The molecule has 0 bridgehead atoms. The summed E-state index contributed by atoms with van der Waals surface area (Å²) in [6.45, 7) is 2.97. The second kappa shape index (κ2) is 5.01. The maximum atomic E-state index is 12.6. The van der Waals surface area contributed by atoms with Gasteiger partial charge in [0.15, 0.2) is 11.6 Å². The van der Waals surface area contributed by atoms with E-state index in [0.29, 0.717) is 18.9 Å². The number of hydrogen-bond donors (Lipinski definition) is 1. The van der Waals surface area contributed by atoms with Gasteiger partial charge in [0, 0.05) is 32.4 Å². The first-order valence-corrected chi connectivity index (χ1v) is 5.59. The van der Waals surface area contributed by atoms with E-state index in [4.69, 9.17) is 4.74 Å². The smallest absolute Gasteiger partial charge is 0.418 e. The van der Waals surface area contributed by atoms with Gasteiger partial charge >= 0.3 is 6.18 Å².